The zero-order valence-corrected chi connectivity index (χ0v) is 59.4. The number of hydrogen-bond donors (Lipinski definition) is 4. The lowest BCUT2D eigenvalue weighted by molar-refractivity contribution is 0.474. The highest BCUT2D eigenvalue weighted by molar-refractivity contribution is 5.85. The number of anilines is 15. The second kappa shape index (κ2) is 33.2. The fourth-order valence-corrected chi connectivity index (χ4v) is 13.3. The summed E-state index contributed by atoms with van der Waals surface area (Å²) in [5.41, 5.74) is 24.5. The first-order valence-corrected chi connectivity index (χ1v) is 35.6. The average Bonchev–Trinajstić information content (AvgIpc) is 0.815. The Morgan fingerprint density at radius 1 is 0.140 bits per heavy atom. The van der Waals surface area contributed by atoms with Gasteiger partial charge < -0.3 is 44.9 Å². The standard InChI is InChI=1S/2C37H30N2O.C24H19NO2/c2*1-28-10-8-15-35(26-28)38(31-11-4-2-5-12-31)33-22-18-29(19-23-33)30-20-24-34(25-21-30)39(32-13-6-3-7-14-32)36-16-9-17-37(40)27-36;26-23-10-4-8-21(16-23)25(22-9-5-11-24(27)17-22)20-14-12-19(13-15-20)18-6-2-1-3-7-18/h2*2-27,40H,1H3;1-17,26-27H. The average molecular weight is 1390 g/mol. The summed E-state index contributed by atoms with van der Waals surface area (Å²) in [4.78, 5) is 10.9. The normalized spacial score (nSPS) is 10.7. The molecule has 16 rings (SSSR count). The van der Waals surface area contributed by atoms with Gasteiger partial charge in [-0.2, -0.15) is 0 Å². The number of aromatic hydroxyl groups is 4. The summed E-state index contributed by atoms with van der Waals surface area (Å²) in [6, 6.07) is 140. The van der Waals surface area contributed by atoms with Gasteiger partial charge in [0.15, 0.2) is 0 Å². The van der Waals surface area contributed by atoms with Crippen LogP contribution < -0.4 is 24.5 Å². The van der Waals surface area contributed by atoms with Gasteiger partial charge in [0.25, 0.3) is 0 Å². The Morgan fingerprint density at radius 2 is 0.299 bits per heavy atom. The third-order valence-electron chi connectivity index (χ3n) is 18.3. The summed E-state index contributed by atoms with van der Waals surface area (Å²) in [5.74, 6) is 0.868. The first-order valence-electron chi connectivity index (χ1n) is 35.6. The Labute approximate surface area is 626 Å². The van der Waals surface area contributed by atoms with Crippen molar-refractivity contribution in [2.45, 2.75) is 13.8 Å². The molecule has 0 fully saturated rings. The molecule has 0 unspecified atom stereocenters. The Balaban J connectivity index is 0.000000137. The maximum atomic E-state index is 10.1. The molecule has 16 aromatic carbocycles. The van der Waals surface area contributed by atoms with E-state index in [-0.39, 0.29) is 23.0 Å². The fraction of sp³-hybridized carbons (Fsp3) is 0.0204. The topological polar surface area (TPSA) is 97.1 Å². The quantitative estimate of drug-likeness (QED) is 0.0670. The lowest BCUT2D eigenvalue weighted by Gasteiger charge is -2.26. The van der Waals surface area contributed by atoms with E-state index in [1.54, 1.807) is 60.7 Å². The van der Waals surface area contributed by atoms with Crippen molar-refractivity contribution in [1.82, 2.24) is 0 Å². The minimum atomic E-state index is 0.193. The summed E-state index contributed by atoms with van der Waals surface area (Å²) in [6.45, 7) is 4.25. The maximum absolute atomic E-state index is 10.1. The number of rotatable bonds is 18. The van der Waals surface area contributed by atoms with E-state index in [1.165, 1.54) is 11.1 Å². The van der Waals surface area contributed by atoms with Crippen molar-refractivity contribution in [3.63, 3.8) is 0 Å². The summed E-state index contributed by atoms with van der Waals surface area (Å²) < 4.78 is 0. The van der Waals surface area contributed by atoms with Crippen LogP contribution in [0.15, 0.2) is 419 Å². The van der Waals surface area contributed by atoms with Gasteiger partial charge >= 0.3 is 0 Å². The predicted molar refractivity (Wildman–Crippen MR) is 445 cm³/mol. The molecule has 0 aliphatic rings. The third kappa shape index (κ3) is 17.1. The number of hydrogen-bond acceptors (Lipinski definition) is 9. The lowest BCUT2D eigenvalue weighted by atomic mass is 10.0. The predicted octanol–water partition coefficient (Wildman–Crippen LogP) is 26.8. The van der Waals surface area contributed by atoms with E-state index >= 15 is 0 Å². The second-order valence-electron chi connectivity index (χ2n) is 25.9. The van der Waals surface area contributed by atoms with Gasteiger partial charge in [-0.05, 0) is 240 Å². The number of phenols is 4. The van der Waals surface area contributed by atoms with Crippen LogP contribution >= 0.6 is 0 Å². The zero-order chi connectivity index (χ0) is 73.3. The number of phenolic OH excluding ortho intramolecular Hbond substituents is 4. The first kappa shape index (κ1) is 69.8. The van der Waals surface area contributed by atoms with Crippen molar-refractivity contribution < 1.29 is 20.4 Å². The molecule has 0 saturated carbocycles. The van der Waals surface area contributed by atoms with E-state index in [4.69, 9.17) is 0 Å². The molecule has 0 spiro atoms. The van der Waals surface area contributed by atoms with Gasteiger partial charge in [-0.1, -0.05) is 212 Å². The largest absolute Gasteiger partial charge is 0.508 e. The first-order chi connectivity index (χ1) is 52.5. The summed E-state index contributed by atoms with van der Waals surface area (Å²) in [6.07, 6.45) is 0. The second-order valence-corrected chi connectivity index (χ2v) is 25.9. The minimum absolute atomic E-state index is 0.193. The molecule has 0 amide bonds. The fourth-order valence-electron chi connectivity index (χ4n) is 13.3. The van der Waals surface area contributed by atoms with E-state index in [2.05, 4.69) is 276 Å². The van der Waals surface area contributed by atoms with E-state index in [0.29, 0.717) is 0 Å². The number of nitrogens with zero attached hydrogens (tertiary/aromatic N) is 5. The van der Waals surface area contributed by atoms with E-state index in [0.717, 1.165) is 119 Å². The third-order valence-corrected chi connectivity index (χ3v) is 18.3. The van der Waals surface area contributed by atoms with Crippen LogP contribution in [0.5, 0.6) is 23.0 Å². The maximum Gasteiger partial charge on any atom is 0.117 e. The van der Waals surface area contributed by atoms with E-state index in [9.17, 15) is 20.4 Å². The molecule has 0 aliphatic heterocycles. The van der Waals surface area contributed by atoms with Gasteiger partial charge in [-0.3, -0.25) is 0 Å². The van der Waals surface area contributed by atoms with Crippen molar-refractivity contribution in [2.24, 2.45) is 0 Å². The molecule has 4 N–H and O–H groups in total. The van der Waals surface area contributed by atoms with Gasteiger partial charge in [0.1, 0.15) is 23.0 Å². The molecular formula is C98H79N5O4. The zero-order valence-electron chi connectivity index (χ0n) is 59.4. The van der Waals surface area contributed by atoms with Crippen LogP contribution in [-0.4, -0.2) is 20.4 Å². The summed E-state index contributed by atoms with van der Waals surface area (Å²) in [5, 5.41) is 40.1. The van der Waals surface area contributed by atoms with Crippen LogP contribution in [-0.2, 0) is 0 Å². The molecule has 0 aromatic heterocycles. The molecule has 9 nitrogen and oxygen atoms in total. The smallest absolute Gasteiger partial charge is 0.117 e. The van der Waals surface area contributed by atoms with Gasteiger partial charge in [0, 0.05) is 110 Å². The lowest BCUT2D eigenvalue weighted by Crippen LogP contribution is -2.10. The van der Waals surface area contributed by atoms with E-state index < -0.39 is 0 Å². The molecule has 0 aliphatic carbocycles. The molecular weight excluding hydrogens is 1310 g/mol. The molecule has 520 valence electrons. The van der Waals surface area contributed by atoms with Crippen molar-refractivity contribution in [3.05, 3.63) is 430 Å². The molecule has 16 aromatic rings. The SMILES string of the molecule is Cc1cccc(N(c2ccccc2)c2ccc(-c3ccc(N(c4ccccc4)c4cccc(O)c4)cc3)cc2)c1.Cc1cccc(N(c2ccccc2)c2ccc(-c3ccc(N(c4ccccc4)c4cccc(O)c4)cc3)cc2)c1.Oc1cccc(N(c2ccc(-c3ccccc3)cc2)c2cccc(O)c2)c1. The molecule has 0 atom stereocenters. The van der Waals surface area contributed by atoms with Crippen molar-refractivity contribution in [1.29, 1.82) is 0 Å². The molecule has 9 heteroatoms. The van der Waals surface area contributed by atoms with Crippen LogP contribution in [0.25, 0.3) is 33.4 Å². The summed E-state index contributed by atoms with van der Waals surface area (Å²) >= 11 is 0. The minimum Gasteiger partial charge on any atom is -0.508 e. The molecule has 0 saturated heterocycles. The van der Waals surface area contributed by atoms with Crippen LogP contribution in [0.3, 0.4) is 0 Å². The van der Waals surface area contributed by atoms with Gasteiger partial charge in [0.05, 0.1) is 0 Å². The number of para-hydroxylation sites is 4. The molecule has 0 heterocycles. The van der Waals surface area contributed by atoms with Crippen molar-refractivity contribution in [3.8, 4) is 56.4 Å². The highest BCUT2D eigenvalue weighted by atomic mass is 16.3. The van der Waals surface area contributed by atoms with Gasteiger partial charge in [-0.25, -0.2) is 0 Å². The van der Waals surface area contributed by atoms with Gasteiger partial charge in [-0.15, -0.1) is 0 Å². The molecule has 107 heavy (non-hydrogen) atoms. The monoisotopic (exact) mass is 1390 g/mol. The van der Waals surface area contributed by atoms with Crippen LogP contribution in [0.1, 0.15) is 11.1 Å². The van der Waals surface area contributed by atoms with Crippen LogP contribution in [0.2, 0.25) is 0 Å². The highest BCUT2D eigenvalue weighted by Crippen LogP contribution is 2.43. The van der Waals surface area contributed by atoms with E-state index in [1.807, 2.05) is 120 Å². The number of benzene rings is 16. The summed E-state index contributed by atoms with van der Waals surface area (Å²) in [7, 11) is 0. The Morgan fingerprint density at radius 3 is 0.505 bits per heavy atom. The Bertz CT molecular complexity index is 4960. The Kier molecular flexibility index (Phi) is 21.7. The van der Waals surface area contributed by atoms with Crippen LogP contribution in [0, 0.1) is 13.8 Å². The number of aryl methyl sites for hydroxylation is 2. The molecule has 0 bridgehead atoms. The molecule has 0 radical (unpaired) electrons. The Hall–Kier alpha value is -14.3. The van der Waals surface area contributed by atoms with Gasteiger partial charge in [0.2, 0.25) is 0 Å². The highest BCUT2D eigenvalue weighted by Gasteiger charge is 2.20. The van der Waals surface area contributed by atoms with Crippen LogP contribution in [0.4, 0.5) is 85.3 Å². The van der Waals surface area contributed by atoms with Crippen molar-refractivity contribution in [2.75, 3.05) is 24.5 Å². The van der Waals surface area contributed by atoms with Crippen molar-refractivity contribution >= 4 is 85.3 Å².